The van der Waals surface area contributed by atoms with Gasteiger partial charge in [0, 0.05) is 64.2 Å². The van der Waals surface area contributed by atoms with Gasteiger partial charge < -0.3 is 65.3 Å². The van der Waals surface area contributed by atoms with Crippen molar-refractivity contribution in [2.75, 3.05) is 20.3 Å². The Balaban J connectivity index is 0.000000188. The molecular formula is C106H108O19. The van der Waals surface area contributed by atoms with Gasteiger partial charge in [-0.1, -0.05) is 292 Å². The predicted molar refractivity (Wildman–Crippen MR) is 487 cm³/mol. The molecule has 0 saturated heterocycles. The fourth-order valence-corrected chi connectivity index (χ4v) is 13.0. The summed E-state index contributed by atoms with van der Waals surface area (Å²) in [7, 11) is 1.51. The Hall–Kier alpha value is -14.7. The zero-order valence-corrected chi connectivity index (χ0v) is 70.5. The summed E-state index contributed by atoms with van der Waals surface area (Å²) in [6.45, 7) is 5.74. The first-order chi connectivity index (χ1) is 60.6. The van der Waals surface area contributed by atoms with Crippen LogP contribution in [0, 0.1) is 0 Å². The maximum atomic E-state index is 12.4. The molecule has 125 heavy (non-hydrogen) atoms. The number of aromatic hydroxyl groups is 10. The predicted octanol–water partition coefficient (Wildman–Crippen LogP) is 23.2. The number of phenols is 10. The molecule has 0 radical (unpaired) electrons. The standard InChI is InChI=1S/C25H34O3.C21H26O3.C20H16O2.C14H12O3.C13H10O5.C13H10O3/c1-2-3-4-5-6-7-8-9-10-14-19-28-22-17-18-23(24(26)20-22)25(27)21-15-12-11-13-16-21;1-2-3-4-5-6-10-15-24-18-13-14-19(20(22)16-18)21(23)17-11-8-7-9-12-17;21-19-14-16(13-15-7-3-1-4-8-15)11-12-18(19)20(22)17-9-5-2-6-10-17;1-17-11-7-8-12(13(15)9-11)14(16)10-5-3-2-4-6-10;14-7-1-3-9(11(16)5-7)13(18)10-4-2-8(15)6-12(10)17;14-10-6-7-11(12(15)8-10)13(16)9-4-2-1-3-5-9/h11-13,15-18,20,26H,2-10,14,19H2,1H3;7-9,11-14,16,22H,2-6,10,15H2,1H3;1-12,14,21H,13H2;2-9,15H,1H3;1-6,14-17H;1-8,14-15H. The Morgan fingerprint density at radius 3 is 0.728 bits per heavy atom. The van der Waals surface area contributed by atoms with Crippen LogP contribution in [0.3, 0.4) is 0 Å². The fraction of sp³-hybridized carbons (Fsp3) is 0.208. The quantitative estimate of drug-likeness (QED) is 0.0130. The van der Waals surface area contributed by atoms with Gasteiger partial charge in [-0.3, -0.25) is 28.8 Å². The highest BCUT2D eigenvalue weighted by molar-refractivity contribution is 6.14. The summed E-state index contributed by atoms with van der Waals surface area (Å²) in [6, 6.07) is 85.2. The van der Waals surface area contributed by atoms with E-state index in [4.69, 9.17) is 29.5 Å². The summed E-state index contributed by atoms with van der Waals surface area (Å²) in [5.74, 6) is -1.36. The smallest absolute Gasteiger partial charge is 0.200 e. The summed E-state index contributed by atoms with van der Waals surface area (Å²) in [5.41, 5.74) is 6.21. The number of rotatable bonds is 35. The molecule has 0 aromatic heterocycles. The van der Waals surface area contributed by atoms with E-state index in [9.17, 15) is 64.5 Å². The van der Waals surface area contributed by atoms with Gasteiger partial charge in [-0.15, -0.1) is 0 Å². The van der Waals surface area contributed by atoms with Crippen LogP contribution in [0.1, 0.15) is 223 Å². The summed E-state index contributed by atoms with van der Waals surface area (Å²) in [6.07, 6.45) is 20.9. The third kappa shape index (κ3) is 31.4. The number of methoxy groups -OCH3 is 1. The number of carbonyl (C=O) groups excluding carboxylic acids is 6. The first-order valence-corrected chi connectivity index (χ1v) is 41.8. The molecule has 0 fully saturated rings. The van der Waals surface area contributed by atoms with E-state index in [0.717, 1.165) is 49.4 Å². The number of hydrogen-bond acceptors (Lipinski definition) is 19. The van der Waals surface area contributed by atoms with Crippen LogP contribution in [0.15, 0.2) is 309 Å². The van der Waals surface area contributed by atoms with Crippen molar-refractivity contribution in [2.24, 2.45) is 0 Å². The number of ketones is 6. The minimum Gasteiger partial charge on any atom is -0.508 e. The van der Waals surface area contributed by atoms with Crippen molar-refractivity contribution in [3.63, 3.8) is 0 Å². The highest BCUT2D eigenvalue weighted by Gasteiger charge is 2.21. The lowest BCUT2D eigenvalue weighted by Crippen LogP contribution is -2.02. The van der Waals surface area contributed by atoms with Crippen LogP contribution in [0.25, 0.3) is 0 Å². The molecular weight excluding hydrogens is 1580 g/mol. The van der Waals surface area contributed by atoms with Crippen molar-refractivity contribution in [1.29, 1.82) is 0 Å². The molecule has 13 aromatic carbocycles. The highest BCUT2D eigenvalue weighted by Crippen LogP contribution is 2.34. The molecule has 0 unspecified atom stereocenters. The van der Waals surface area contributed by atoms with Crippen LogP contribution in [0.4, 0.5) is 0 Å². The van der Waals surface area contributed by atoms with Crippen molar-refractivity contribution in [3.8, 4) is 74.7 Å². The van der Waals surface area contributed by atoms with E-state index in [0.29, 0.717) is 75.0 Å². The molecule has 646 valence electrons. The van der Waals surface area contributed by atoms with E-state index < -0.39 is 5.78 Å². The molecule has 13 aromatic rings. The molecule has 10 N–H and O–H groups in total. The van der Waals surface area contributed by atoms with E-state index in [2.05, 4.69) is 13.8 Å². The van der Waals surface area contributed by atoms with Gasteiger partial charge in [-0.05, 0) is 115 Å². The third-order valence-electron chi connectivity index (χ3n) is 19.8. The topological polar surface area (TPSA) is 332 Å². The van der Waals surface area contributed by atoms with E-state index >= 15 is 0 Å². The Kier molecular flexibility index (Phi) is 39.7. The highest BCUT2D eigenvalue weighted by atomic mass is 16.5. The largest absolute Gasteiger partial charge is 0.508 e. The van der Waals surface area contributed by atoms with Crippen molar-refractivity contribution >= 4 is 34.7 Å². The second-order valence-electron chi connectivity index (χ2n) is 29.3. The van der Waals surface area contributed by atoms with E-state index in [1.54, 1.807) is 133 Å². The number of carbonyl (C=O) groups is 6. The second kappa shape index (κ2) is 51.8. The Bertz CT molecular complexity index is 5490. The molecule has 0 amide bonds. The molecule has 0 heterocycles. The van der Waals surface area contributed by atoms with Crippen LogP contribution >= 0.6 is 0 Å². The molecule has 0 saturated carbocycles. The second-order valence-corrected chi connectivity index (χ2v) is 29.3. The zero-order chi connectivity index (χ0) is 89.7. The summed E-state index contributed by atoms with van der Waals surface area (Å²) in [4.78, 5) is 73.2. The van der Waals surface area contributed by atoms with Crippen LogP contribution in [-0.2, 0) is 6.42 Å². The van der Waals surface area contributed by atoms with Gasteiger partial charge >= 0.3 is 0 Å². The summed E-state index contributed by atoms with van der Waals surface area (Å²) in [5, 5.41) is 96.3. The monoisotopic (exact) mass is 1680 g/mol. The van der Waals surface area contributed by atoms with Crippen LogP contribution < -0.4 is 14.2 Å². The lowest BCUT2D eigenvalue weighted by atomic mass is 9.98. The minimum atomic E-state index is -0.606. The molecule has 0 atom stereocenters. The Labute approximate surface area is 730 Å². The zero-order valence-electron chi connectivity index (χ0n) is 70.5. The van der Waals surface area contributed by atoms with Crippen molar-refractivity contribution in [1.82, 2.24) is 0 Å². The van der Waals surface area contributed by atoms with Crippen LogP contribution in [0.5, 0.6) is 74.7 Å². The molecule has 0 aliphatic rings. The van der Waals surface area contributed by atoms with E-state index in [1.807, 2.05) is 103 Å². The van der Waals surface area contributed by atoms with Gasteiger partial charge in [0.05, 0.1) is 59.3 Å². The van der Waals surface area contributed by atoms with Gasteiger partial charge in [0.15, 0.2) is 34.7 Å². The van der Waals surface area contributed by atoms with Crippen molar-refractivity contribution < 1.29 is 94.0 Å². The number of hydrogen-bond donors (Lipinski definition) is 10. The lowest BCUT2D eigenvalue weighted by molar-refractivity contribution is 0.102. The Morgan fingerprint density at radius 2 is 0.456 bits per heavy atom. The maximum absolute atomic E-state index is 12.4. The number of benzene rings is 13. The average molecular weight is 1690 g/mol. The SMILES string of the molecule is CCCCCCCCCCCCOc1ccc(C(=O)c2ccccc2)c(O)c1.CCCCCCCCOc1ccc(C(=O)c2ccccc2)c(O)c1.COc1ccc(C(=O)c2ccccc2)c(O)c1.O=C(c1ccc(O)cc1O)c1ccc(O)cc1O.O=C(c1ccccc1)c1ccc(Cc2ccccc2)cc1O.O=C(c1ccccc1)c1ccc(O)cc1O. The molecule has 0 aliphatic carbocycles. The van der Waals surface area contributed by atoms with E-state index in [1.165, 1.54) is 151 Å². The molecule has 19 nitrogen and oxygen atoms in total. The third-order valence-corrected chi connectivity index (χ3v) is 19.8. The molecule has 0 aliphatic heterocycles. The van der Waals surface area contributed by atoms with Crippen molar-refractivity contribution in [3.05, 3.63) is 387 Å². The maximum Gasteiger partial charge on any atom is 0.200 e. The minimum absolute atomic E-state index is 0.0299. The normalized spacial score (nSPS) is 10.4. The van der Waals surface area contributed by atoms with Gasteiger partial charge in [0.2, 0.25) is 0 Å². The first kappa shape index (κ1) is 95.7. The number of unbranched alkanes of at least 4 members (excludes halogenated alkanes) is 14. The van der Waals surface area contributed by atoms with Crippen LogP contribution in [0.2, 0.25) is 0 Å². The average Bonchev–Trinajstić information content (AvgIpc) is 0.829. The Morgan fingerprint density at radius 1 is 0.224 bits per heavy atom. The number of phenolic OH excluding ortho intramolecular Hbond substituents is 10. The van der Waals surface area contributed by atoms with Gasteiger partial charge in [-0.2, -0.15) is 0 Å². The molecule has 13 rings (SSSR count). The van der Waals surface area contributed by atoms with Crippen molar-refractivity contribution in [2.45, 2.75) is 123 Å². The lowest BCUT2D eigenvalue weighted by Gasteiger charge is -2.09. The number of ether oxygens (including phenoxy) is 3. The molecule has 19 heteroatoms. The van der Waals surface area contributed by atoms with Gasteiger partial charge in [-0.25, -0.2) is 0 Å². The summed E-state index contributed by atoms with van der Waals surface area (Å²) >= 11 is 0. The van der Waals surface area contributed by atoms with E-state index in [-0.39, 0.29) is 109 Å². The fourth-order valence-electron chi connectivity index (χ4n) is 13.0. The summed E-state index contributed by atoms with van der Waals surface area (Å²) < 4.78 is 16.4. The molecule has 0 bridgehead atoms. The van der Waals surface area contributed by atoms with Crippen LogP contribution in [-0.4, -0.2) is 106 Å². The van der Waals surface area contributed by atoms with Gasteiger partial charge in [0.1, 0.15) is 74.7 Å². The first-order valence-electron chi connectivity index (χ1n) is 41.8. The van der Waals surface area contributed by atoms with Gasteiger partial charge in [0.25, 0.3) is 0 Å². The molecule has 0 spiro atoms.